The topological polar surface area (TPSA) is 108 Å². The molecule has 0 aliphatic carbocycles. The van der Waals surface area contributed by atoms with E-state index in [-0.39, 0.29) is 11.4 Å². The Morgan fingerprint density at radius 1 is 1.29 bits per heavy atom. The molecule has 0 atom stereocenters. The van der Waals surface area contributed by atoms with Gasteiger partial charge >= 0.3 is 0 Å². The summed E-state index contributed by atoms with van der Waals surface area (Å²) in [6.45, 7) is 0.852. The Labute approximate surface area is 120 Å². The second-order valence-corrected chi connectivity index (χ2v) is 6.12. The van der Waals surface area contributed by atoms with E-state index in [1.54, 1.807) is 13.1 Å². The van der Waals surface area contributed by atoms with Gasteiger partial charge in [0.2, 0.25) is 10.0 Å². The van der Waals surface area contributed by atoms with Crippen LogP contribution in [0.4, 0.5) is 0 Å². The highest BCUT2D eigenvalue weighted by Gasteiger charge is 2.19. The lowest BCUT2D eigenvalue weighted by molar-refractivity contribution is 0.171. The van der Waals surface area contributed by atoms with Gasteiger partial charge in [0.15, 0.2) is 17.3 Å². The highest BCUT2D eigenvalue weighted by molar-refractivity contribution is 7.89. The van der Waals surface area contributed by atoms with Crippen LogP contribution in [0, 0.1) is 0 Å². The Balaban J connectivity index is 1.80. The smallest absolute Gasteiger partial charge is 0.241 e. The van der Waals surface area contributed by atoms with E-state index < -0.39 is 10.0 Å². The Kier molecular flexibility index (Phi) is 3.47. The molecule has 0 fully saturated rings. The summed E-state index contributed by atoms with van der Waals surface area (Å²) < 4.78 is 39.0. The fraction of sp³-hybridized carbons (Fsp3) is 0.364. The van der Waals surface area contributed by atoms with Gasteiger partial charge in [0, 0.05) is 13.1 Å². The number of aryl methyl sites for hydroxylation is 1. The number of nitrogens with one attached hydrogen (secondary N) is 1. The summed E-state index contributed by atoms with van der Waals surface area (Å²) in [6, 6.07) is 4.48. The molecule has 1 aliphatic heterocycles. The van der Waals surface area contributed by atoms with Gasteiger partial charge in [0.25, 0.3) is 0 Å². The molecule has 1 aromatic heterocycles. The molecule has 3 rings (SSSR count). The molecule has 0 saturated heterocycles. The normalized spacial score (nSPS) is 14.1. The third-order valence-corrected chi connectivity index (χ3v) is 4.35. The molecule has 2 heterocycles. The van der Waals surface area contributed by atoms with Crippen LogP contribution in [0.25, 0.3) is 0 Å². The van der Waals surface area contributed by atoms with E-state index in [2.05, 4.69) is 20.2 Å². The minimum Gasteiger partial charge on any atom is -0.486 e. The van der Waals surface area contributed by atoms with Crippen LogP contribution in [-0.2, 0) is 23.6 Å². The minimum atomic E-state index is -3.68. The van der Waals surface area contributed by atoms with E-state index >= 15 is 0 Å². The summed E-state index contributed by atoms with van der Waals surface area (Å²) in [5.41, 5.74) is 0. The molecule has 1 N–H and O–H groups in total. The lowest BCUT2D eigenvalue weighted by atomic mass is 10.3. The quantitative estimate of drug-likeness (QED) is 0.807. The SMILES string of the molecule is Cn1nnnc1CNS(=O)(=O)c1ccc2c(c1)OCCO2. The van der Waals surface area contributed by atoms with Gasteiger partial charge in [-0.1, -0.05) is 0 Å². The molecule has 1 aromatic carbocycles. The van der Waals surface area contributed by atoms with Crippen LogP contribution in [0.5, 0.6) is 11.5 Å². The van der Waals surface area contributed by atoms with Crippen LogP contribution in [0.2, 0.25) is 0 Å². The van der Waals surface area contributed by atoms with Gasteiger partial charge in [-0.15, -0.1) is 5.10 Å². The number of ether oxygens (including phenoxy) is 2. The Morgan fingerprint density at radius 2 is 2.05 bits per heavy atom. The summed E-state index contributed by atoms with van der Waals surface area (Å²) in [7, 11) is -2.05. The van der Waals surface area contributed by atoms with Crippen LogP contribution in [0.1, 0.15) is 5.82 Å². The van der Waals surface area contributed by atoms with Gasteiger partial charge < -0.3 is 9.47 Å². The first-order valence-corrected chi connectivity index (χ1v) is 7.65. The summed E-state index contributed by atoms with van der Waals surface area (Å²) in [6.07, 6.45) is 0. The number of sulfonamides is 1. The van der Waals surface area contributed by atoms with E-state index in [4.69, 9.17) is 9.47 Å². The summed E-state index contributed by atoms with van der Waals surface area (Å²) in [5, 5.41) is 10.8. The molecule has 21 heavy (non-hydrogen) atoms. The van der Waals surface area contributed by atoms with E-state index in [1.165, 1.54) is 16.8 Å². The standard InChI is InChI=1S/C11H13N5O4S/c1-16-11(13-14-15-16)7-12-21(17,18)8-2-3-9-10(6-8)20-5-4-19-9/h2-3,6,12H,4-5,7H2,1H3. The van der Waals surface area contributed by atoms with Crippen molar-refractivity contribution in [2.45, 2.75) is 11.4 Å². The van der Waals surface area contributed by atoms with Crippen molar-refractivity contribution < 1.29 is 17.9 Å². The molecule has 0 unspecified atom stereocenters. The van der Waals surface area contributed by atoms with Crippen molar-refractivity contribution in [3.8, 4) is 11.5 Å². The number of tetrazole rings is 1. The molecule has 112 valence electrons. The van der Waals surface area contributed by atoms with Crippen molar-refractivity contribution in [3.63, 3.8) is 0 Å². The number of fused-ring (bicyclic) bond motifs is 1. The largest absolute Gasteiger partial charge is 0.486 e. The molecule has 0 radical (unpaired) electrons. The van der Waals surface area contributed by atoms with Gasteiger partial charge in [-0.2, -0.15) is 0 Å². The maximum absolute atomic E-state index is 12.2. The molecule has 9 nitrogen and oxygen atoms in total. The van der Waals surface area contributed by atoms with E-state index in [0.717, 1.165) is 0 Å². The highest BCUT2D eigenvalue weighted by Crippen LogP contribution is 2.32. The zero-order valence-electron chi connectivity index (χ0n) is 11.2. The number of hydrogen-bond acceptors (Lipinski definition) is 7. The maximum atomic E-state index is 12.2. The minimum absolute atomic E-state index is 0.000273. The fourth-order valence-corrected chi connectivity index (χ4v) is 2.83. The van der Waals surface area contributed by atoms with Gasteiger partial charge in [0.05, 0.1) is 11.4 Å². The Bertz CT molecular complexity index is 758. The first kappa shape index (κ1) is 13.8. The average molecular weight is 311 g/mol. The van der Waals surface area contributed by atoms with Gasteiger partial charge in [0.1, 0.15) is 13.2 Å². The van der Waals surface area contributed by atoms with Crippen LogP contribution >= 0.6 is 0 Å². The van der Waals surface area contributed by atoms with Crippen molar-refractivity contribution in [1.29, 1.82) is 0 Å². The van der Waals surface area contributed by atoms with Crippen LogP contribution in [0.15, 0.2) is 23.1 Å². The number of hydrogen-bond donors (Lipinski definition) is 1. The van der Waals surface area contributed by atoms with Crippen molar-refractivity contribution in [2.24, 2.45) is 7.05 Å². The summed E-state index contributed by atoms with van der Waals surface area (Å²) in [4.78, 5) is 0.0990. The van der Waals surface area contributed by atoms with E-state index in [1.807, 2.05) is 0 Å². The molecular weight excluding hydrogens is 298 g/mol. The number of aromatic nitrogens is 4. The summed E-state index contributed by atoms with van der Waals surface area (Å²) >= 11 is 0. The van der Waals surface area contributed by atoms with Gasteiger partial charge in [-0.05, 0) is 22.6 Å². The van der Waals surface area contributed by atoms with Crippen LogP contribution < -0.4 is 14.2 Å². The first-order valence-electron chi connectivity index (χ1n) is 6.17. The monoisotopic (exact) mass is 311 g/mol. The zero-order valence-corrected chi connectivity index (χ0v) is 12.0. The second kappa shape index (κ2) is 5.30. The molecule has 0 spiro atoms. The molecule has 0 amide bonds. The van der Waals surface area contributed by atoms with Gasteiger partial charge in [-0.3, -0.25) is 0 Å². The predicted octanol–water partition coefficient (Wildman–Crippen LogP) is -0.540. The van der Waals surface area contributed by atoms with Crippen molar-refractivity contribution in [2.75, 3.05) is 13.2 Å². The molecule has 1 aliphatic rings. The third kappa shape index (κ3) is 2.81. The van der Waals surface area contributed by atoms with E-state index in [0.29, 0.717) is 30.5 Å². The second-order valence-electron chi connectivity index (χ2n) is 4.35. The zero-order chi connectivity index (χ0) is 14.9. The van der Waals surface area contributed by atoms with Crippen molar-refractivity contribution >= 4 is 10.0 Å². The molecule has 2 aromatic rings. The highest BCUT2D eigenvalue weighted by atomic mass is 32.2. The lowest BCUT2D eigenvalue weighted by Crippen LogP contribution is -2.25. The Morgan fingerprint density at radius 3 is 2.76 bits per heavy atom. The fourth-order valence-electron chi connectivity index (χ4n) is 1.83. The van der Waals surface area contributed by atoms with Crippen LogP contribution in [0.3, 0.4) is 0 Å². The number of benzene rings is 1. The number of rotatable bonds is 4. The summed E-state index contributed by atoms with van der Waals surface area (Å²) in [5.74, 6) is 1.37. The molecule has 0 bridgehead atoms. The molecular formula is C11H13N5O4S. The molecule has 0 saturated carbocycles. The first-order chi connectivity index (χ1) is 10.1. The Hall–Kier alpha value is -2.20. The number of nitrogens with zero attached hydrogens (tertiary/aromatic N) is 4. The predicted molar refractivity (Wildman–Crippen MR) is 70.3 cm³/mol. The van der Waals surface area contributed by atoms with Crippen molar-refractivity contribution in [3.05, 3.63) is 24.0 Å². The third-order valence-electron chi connectivity index (χ3n) is 2.95. The van der Waals surface area contributed by atoms with E-state index in [9.17, 15) is 8.42 Å². The average Bonchev–Trinajstić information content (AvgIpc) is 2.90. The maximum Gasteiger partial charge on any atom is 0.241 e. The molecule has 10 heteroatoms. The van der Waals surface area contributed by atoms with Gasteiger partial charge in [-0.25, -0.2) is 17.8 Å². The van der Waals surface area contributed by atoms with Crippen molar-refractivity contribution in [1.82, 2.24) is 24.9 Å². The van der Waals surface area contributed by atoms with Crippen LogP contribution in [-0.4, -0.2) is 41.8 Å². The lowest BCUT2D eigenvalue weighted by Gasteiger charge is -2.18.